The highest BCUT2D eigenvalue weighted by molar-refractivity contribution is 6.06. The molecule has 0 radical (unpaired) electrons. The summed E-state index contributed by atoms with van der Waals surface area (Å²) in [4.78, 5) is 35.4. The van der Waals surface area contributed by atoms with Crippen molar-refractivity contribution in [3.8, 4) is 16.9 Å². The van der Waals surface area contributed by atoms with Crippen LogP contribution in [-0.2, 0) is 11.3 Å². The minimum absolute atomic E-state index is 0.304. The second-order valence-electron chi connectivity index (χ2n) is 6.01. The fraction of sp³-hybridized carbons (Fsp3) is 0.0952. The first-order chi connectivity index (χ1) is 13.5. The van der Waals surface area contributed by atoms with Gasteiger partial charge in [0, 0.05) is 12.3 Å². The molecule has 7 nitrogen and oxygen atoms in total. The molecule has 0 bridgehead atoms. The fourth-order valence-corrected chi connectivity index (χ4v) is 2.77. The average molecular weight is 378 g/mol. The summed E-state index contributed by atoms with van der Waals surface area (Å²) in [5, 5.41) is 11.6. The van der Waals surface area contributed by atoms with Crippen LogP contribution in [0.4, 0.5) is 5.69 Å². The molecule has 0 aliphatic heterocycles. The lowest BCUT2D eigenvalue weighted by atomic mass is 10.0. The highest BCUT2D eigenvalue weighted by Gasteiger charge is 2.15. The molecule has 1 heterocycles. The van der Waals surface area contributed by atoms with Gasteiger partial charge >= 0.3 is 5.97 Å². The maximum absolute atomic E-state index is 12.8. The van der Waals surface area contributed by atoms with Crippen molar-refractivity contribution in [3.05, 3.63) is 82.8 Å². The van der Waals surface area contributed by atoms with Crippen molar-refractivity contribution in [1.82, 2.24) is 4.57 Å². The molecular formula is C21H18N2O5. The Labute approximate surface area is 160 Å². The Hall–Kier alpha value is -3.87. The maximum Gasteiger partial charge on any atom is 0.323 e. The van der Waals surface area contributed by atoms with Gasteiger partial charge in [0.15, 0.2) is 0 Å². The molecule has 2 aromatic carbocycles. The van der Waals surface area contributed by atoms with E-state index in [4.69, 9.17) is 9.84 Å². The zero-order chi connectivity index (χ0) is 20.1. The van der Waals surface area contributed by atoms with Crippen molar-refractivity contribution in [1.29, 1.82) is 0 Å². The van der Waals surface area contributed by atoms with Crippen molar-refractivity contribution in [2.45, 2.75) is 6.54 Å². The summed E-state index contributed by atoms with van der Waals surface area (Å²) in [6, 6.07) is 17.5. The Morgan fingerprint density at radius 3 is 2.46 bits per heavy atom. The first-order valence-corrected chi connectivity index (χ1v) is 8.45. The van der Waals surface area contributed by atoms with E-state index in [9.17, 15) is 14.4 Å². The van der Waals surface area contributed by atoms with E-state index < -0.39 is 24.0 Å². The van der Waals surface area contributed by atoms with E-state index in [0.29, 0.717) is 17.0 Å². The molecular weight excluding hydrogens is 360 g/mol. The topological polar surface area (TPSA) is 97.6 Å². The SMILES string of the molecule is COc1ccc(-c2ccccc2)cc1C(=O)Nc1ccc(=O)n(CC(=O)O)c1. The van der Waals surface area contributed by atoms with Crippen LogP contribution in [0.3, 0.4) is 0 Å². The molecule has 7 heteroatoms. The molecule has 0 saturated carbocycles. The molecule has 1 amide bonds. The first kappa shape index (κ1) is 18.9. The molecule has 1 aromatic heterocycles. The van der Waals surface area contributed by atoms with Gasteiger partial charge in [-0.2, -0.15) is 0 Å². The molecule has 3 aromatic rings. The number of carboxylic acid groups (broad SMARTS) is 1. The number of aliphatic carboxylic acids is 1. The van der Waals surface area contributed by atoms with Crippen molar-refractivity contribution >= 4 is 17.6 Å². The molecule has 3 rings (SSSR count). The third kappa shape index (κ3) is 4.27. The summed E-state index contributed by atoms with van der Waals surface area (Å²) in [5.74, 6) is -1.19. The number of rotatable bonds is 6. The summed E-state index contributed by atoms with van der Waals surface area (Å²) < 4.78 is 6.31. The Balaban J connectivity index is 1.92. The zero-order valence-electron chi connectivity index (χ0n) is 15.1. The number of methoxy groups -OCH3 is 1. The van der Waals surface area contributed by atoms with Gasteiger partial charge < -0.3 is 19.7 Å². The molecule has 0 spiro atoms. The maximum atomic E-state index is 12.8. The van der Waals surface area contributed by atoms with Crippen LogP contribution in [0.25, 0.3) is 11.1 Å². The lowest BCUT2D eigenvalue weighted by Crippen LogP contribution is -2.24. The number of hydrogen-bond acceptors (Lipinski definition) is 4. The average Bonchev–Trinajstić information content (AvgIpc) is 2.70. The molecule has 0 unspecified atom stereocenters. The van der Waals surface area contributed by atoms with Crippen molar-refractivity contribution in [3.63, 3.8) is 0 Å². The minimum atomic E-state index is -1.15. The Bertz CT molecular complexity index is 1070. The van der Waals surface area contributed by atoms with E-state index in [1.807, 2.05) is 36.4 Å². The Morgan fingerprint density at radius 1 is 1.04 bits per heavy atom. The number of amides is 1. The predicted octanol–water partition coefficient (Wildman–Crippen LogP) is 2.86. The summed E-state index contributed by atoms with van der Waals surface area (Å²) in [6.45, 7) is -0.491. The van der Waals surface area contributed by atoms with Gasteiger partial charge in [0.2, 0.25) is 0 Å². The van der Waals surface area contributed by atoms with E-state index in [2.05, 4.69) is 5.32 Å². The zero-order valence-corrected chi connectivity index (χ0v) is 15.1. The lowest BCUT2D eigenvalue weighted by Gasteiger charge is -2.12. The minimum Gasteiger partial charge on any atom is -0.496 e. The largest absolute Gasteiger partial charge is 0.496 e. The van der Waals surface area contributed by atoms with Crippen LogP contribution in [-0.4, -0.2) is 28.7 Å². The van der Waals surface area contributed by atoms with Gasteiger partial charge in [-0.3, -0.25) is 14.4 Å². The van der Waals surface area contributed by atoms with Crippen LogP contribution in [0, 0.1) is 0 Å². The summed E-state index contributed by atoms with van der Waals surface area (Å²) in [6.07, 6.45) is 1.29. The van der Waals surface area contributed by atoms with Crippen molar-refractivity contribution in [2.75, 3.05) is 12.4 Å². The van der Waals surface area contributed by atoms with E-state index in [-0.39, 0.29) is 0 Å². The number of hydrogen-bond donors (Lipinski definition) is 2. The number of carbonyl (C=O) groups is 2. The number of pyridine rings is 1. The summed E-state index contributed by atoms with van der Waals surface area (Å²) in [5.41, 5.74) is 1.96. The molecule has 0 aliphatic carbocycles. The van der Waals surface area contributed by atoms with E-state index >= 15 is 0 Å². The van der Waals surface area contributed by atoms with Crippen LogP contribution < -0.4 is 15.6 Å². The van der Waals surface area contributed by atoms with Gasteiger partial charge in [0.1, 0.15) is 12.3 Å². The molecule has 0 fully saturated rings. The van der Waals surface area contributed by atoms with E-state index in [0.717, 1.165) is 15.7 Å². The van der Waals surface area contributed by atoms with Gasteiger partial charge in [-0.15, -0.1) is 0 Å². The van der Waals surface area contributed by atoms with Crippen LogP contribution >= 0.6 is 0 Å². The van der Waals surface area contributed by atoms with Crippen LogP contribution in [0.5, 0.6) is 5.75 Å². The summed E-state index contributed by atoms with van der Waals surface area (Å²) in [7, 11) is 1.47. The lowest BCUT2D eigenvalue weighted by molar-refractivity contribution is -0.137. The second-order valence-corrected chi connectivity index (χ2v) is 6.01. The van der Waals surface area contributed by atoms with Gasteiger partial charge in [-0.1, -0.05) is 36.4 Å². The quantitative estimate of drug-likeness (QED) is 0.687. The van der Waals surface area contributed by atoms with Crippen molar-refractivity contribution in [2.24, 2.45) is 0 Å². The Kier molecular flexibility index (Phi) is 5.55. The molecule has 2 N–H and O–H groups in total. The molecule has 0 atom stereocenters. The molecule has 142 valence electrons. The normalized spacial score (nSPS) is 10.3. The second kappa shape index (κ2) is 8.22. The van der Waals surface area contributed by atoms with Crippen LogP contribution in [0.2, 0.25) is 0 Å². The van der Waals surface area contributed by atoms with Crippen molar-refractivity contribution < 1.29 is 19.4 Å². The number of benzene rings is 2. The molecule has 0 aliphatic rings. The number of ether oxygens (including phenoxy) is 1. The van der Waals surface area contributed by atoms with Crippen LogP contribution in [0.1, 0.15) is 10.4 Å². The van der Waals surface area contributed by atoms with Gasteiger partial charge in [-0.25, -0.2) is 0 Å². The smallest absolute Gasteiger partial charge is 0.323 e. The number of carboxylic acids is 1. The number of anilines is 1. The number of nitrogens with one attached hydrogen (secondary N) is 1. The van der Waals surface area contributed by atoms with Gasteiger partial charge in [0.25, 0.3) is 11.5 Å². The van der Waals surface area contributed by atoms with Crippen LogP contribution in [0.15, 0.2) is 71.7 Å². The van der Waals surface area contributed by atoms with Gasteiger partial charge in [-0.05, 0) is 29.3 Å². The van der Waals surface area contributed by atoms with E-state index in [1.54, 1.807) is 12.1 Å². The van der Waals surface area contributed by atoms with E-state index in [1.165, 1.54) is 25.4 Å². The highest BCUT2D eigenvalue weighted by Crippen LogP contribution is 2.27. The Morgan fingerprint density at radius 2 is 1.79 bits per heavy atom. The third-order valence-corrected chi connectivity index (χ3v) is 4.10. The number of carbonyl (C=O) groups excluding carboxylic acids is 1. The standard InChI is InChI=1S/C21H18N2O5/c1-28-18-9-7-15(14-5-3-2-4-6-14)11-17(18)21(27)22-16-8-10-19(24)23(12-16)13-20(25)26/h2-12H,13H2,1H3,(H,22,27)(H,25,26). The van der Waals surface area contributed by atoms with Gasteiger partial charge in [0.05, 0.1) is 18.4 Å². The molecule has 0 saturated heterocycles. The third-order valence-electron chi connectivity index (χ3n) is 4.10. The summed E-state index contributed by atoms with van der Waals surface area (Å²) >= 11 is 0. The predicted molar refractivity (Wildman–Crippen MR) is 105 cm³/mol. The molecule has 28 heavy (non-hydrogen) atoms. The highest BCUT2D eigenvalue weighted by atomic mass is 16.5. The number of aromatic nitrogens is 1. The monoisotopic (exact) mass is 378 g/mol. The fourth-order valence-electron chi connectivity index (χ4n) is 2.77. The first-order valence-electron chi connectivity index (χ1n) is 8.45. The number of nitrogens with zero attached hydrogens (tertiary/aromatic N) is 1.